The van der Waals surface area contributed by atoms with Gasteiger partial charge in [0.2, 0.25) is 0 Å². The number of rotatable bonds is 3. The van der Waals surface area contributed by atoms with Crippen LogP contribution in [0.15, 0.2) is 42.5 Å². The molecule has 2 N–H and O–H groups in total. The van der Waals surface area contributed by atoms with E-state index in [0.717, 1.165) is 5.56 Å². The lowest BCUT2D eigenvalue weighted by Gasteiger charge is -2.10. The van der Waals surface area contributed by atoms with Gasteiger partial charge in [-0.1, -0.05) is 41.4 Å². The maximum atomic E-state index is 11.9. The molecule has 0 radical (unpaired) electrons. The van der Waals surface area contributed by atoms with E-state index in [0.29, 0.717) is 21.3 Å². The molecular weight excluding hydrogens is 323 g/mol. The van der Waals surface area contributed by atoms with Crippen LogP contribution in [0.5, 0.6) is 0 Å². The second-order valence-corrected chi connectivity index (χ2v) is 5.52. The number of amides is 2. The van der Waals surface area contributed by atoms with Gasteiger partial charge < -0.3 is 10.6 Å². The molecule has 2 rings (SSSR count). The summed E-state index contributed by atoms with van der Waals surface area (Å²) in [5, 5.41) is 6.17. The molecule has 4 nitrogen and oxygen atoms in total. The van der Waals surface area contributed by atoms with Crippen molar-refractivity contribution in [2.45, 2.75) is 13.5 Å². The molecule has 114 valence electrons. The number of carbonyl (C=O) groups excluding carboxylic acids is 2. The SMILES string of the molecule is Cc1c(Cl)cccc1NC(=O)C(=O)NCc1cccc(Cl)c1. The van der Waals surface area contributed by atoms with Crippen molar-refractivity contribution in [3.05, 3.63) is 63.6 Å². The molecule has 2 aromatic rings. The third-order valence-electron chi connectivity index (χ3n) is 3.06. The number of anilines is 1. The summed E-state index contributed by atoms with van der Waals surface area (Å²) >= 11 is 11.8. The van der Waals surface area contributed by atoms with Crippen molar-refractivity contribution in [2.75, 3.05) is 5.32 Å². The standard InChI is InChI=1S/C16H14Cl2N2O2/c1-10-13(18)6-3-7-14(10)20-16(22)15(21)19-9-11-4-2-5-12(17)8-11/h2-8H,9H2,1H3,(H,19,21)(H,20,22). The van der Waals surface area contributed by atoms with Crippen molar-refractivity contribution >= 4 is 40.7 Å². The van der Waals surface area contributed by atoms with Crippen molar-refractivity contribution in [2.24, 2.45) is 0 Å². The molecule has 0 saturated heterocycles. The smallest absolute Gasteiger partial charge is 0.313 e. The molecule has 0 aliphatic carbocycles. The van der Waals surface area contributed by atoms with E-state index in [1.54, 1.807) is 43.3 Å². The number of hydrogen-bond acceptors (Lipinski definition) is 2. The molecule has 0 unspecified atom stereocenters. The quantitative estimate of drug-likeness (QED) is 0.842. The van der Waals surface area contributed by atoms with Gasteiger partial charge in [0.15, 0.2) is 0 Å². The Kier molecular flexibility index (Phi) is 5.41. The first kappa shape index (κ1) is 16.3. The first-order chi connectivity index (χ1) is 10.5. The van der Waals surface area contributed by atoms with Crippen LogP contribution in [0.3, 0.4) is 0 Å². The van der Waals surface area contributed by atoms with Crippen LogP contribution < -0.4 is 10.6 Å². The zero-order valence-corrected chi connectivity index (χ0v) is 13.3. The maximum Gasteiger partial charge on any atom is 0.313 e. The fraction of sp³-hybridized carbons (Fsp3) is 0.125. The summed E-state index contributed by atoms with van der Waals surface area (Å²) in [6.45, 7) is 1.99. The molecule has 0 atom stereocenters. The second-order valence-electron chi connectivity index (χ2n) is 4.68. The van der Waals surface area contributed by atoms with E-state index in [1.165, 1.54) is 0 Å². The zero-order valence-electron chi connectivity index (χ0n) is 11.8. The van der Waals surface area contributed by atoms with Crippen LogP contribution in [-0.4, -0.2) is 11.8 Å². The van der Waals surface area contributed by atoms with E-state index < -0.39 is 11.8 Å². The average Bonchev–Trinajstić information content (AvgIpc) is 2.49. The van der Waals surface area contributed by atoms with Crippen molar-refractivity contribution < 1.29 is 9.59 Å². The first-order valence-electron chi connectivity index (χ1n) is 6.56. The number of hydrogen-bond donors (Lipinski definition) is 2. The minimum Gasteiger partial charge on any atom is -0.344 e. The third kappa shape index (κ3) is 4.23. The highest BCUT2D eigenvalue weighted by Crippen LogP contribution is 2.22. The van der Waals surface area contributed by atoms with Gasteiger partial charge in [0.1, 0.15) is 0 Å². The molecule has 2 aromatic carbocycles. The molecular formula is C16H14Cl2N2O2. The summed E-state index contributed by atoms with van der Waals surface area (Å²) in [5.41, 5.74) is 2.03. The maximum absolute atomic E-state index is 11.9. The summed E-state index contributed by atoms with van der Waals surface area (Å²) in [7, 11) is 0. The molecule has 0 heterocycles. The van der Waals surface area contributed by atoms with Crippen LogP contribution in [0.2, 0.25) is 10.0 Å². The van der Waals surface area contributed by atoms with Crippen molar-refractivity contribution in [1.29, 1.82) is 0 Å². The Morgan fingerprint density at radius 2 is 1.77 bits per heavy atom. The average molecular weight is 337 g/mol. The van der Waals surface area contributed by atoms with Crippen molar-refractivity contribution in [1.82, 2.24) is 5.32 Å². The molecule has 22 heavy (non-hydrogen) atoms. The Hall–Kier alpha value is -2.04. The van der Waals surface area contributed by atoms with Crippen molar-refractivity contribution in [3.8, 4) is 0 Å². The predicted octanol–water partition coefficient (Wildman–Crippen LogP) is 3.56. The van der Waals surface area contributed by atoms with Gasteiger partial charge in [-0.3, -0.25) is 9.59 Å². The lowest BCUT2D eigenvalue weighted by Crippen LogP contribution is -2.35. The highest BCUT2D eigenvalue weighted by atomic mass is 35.5. The Morgan fingerprint density at radius 1 is 1.05 bits per heavy atom. The van der Waals surface area contributed by atoms with E-state index in [1.807, 2.05) is 6.07 Å². The Morgan fingerprint density at radius 3 is 2.50 bits per heavy atom. The summed E-state index contributed by atoms with van der Waals surface area (Å²) in [4.78, 5) is 23.7. The highest BCUT2D eigenvalue weighted by molar-refractivity contribution is 6.40. The molecule has 0 bridgehead atoms. The van der Waals surface area contributed by atoms with E-state index in [-0.39, 0.29) is 6.54 Å². The summed E-state index contributed by atoms with van der Waals surface area (Å²) in [6.07, 6.45) is 0. The fourth-order valence-electron chi connectivity index (χ4n) is 1.83. The lowest BCUT2D eigenvalue weighted by atomic mass is 10.2. The van der Waals surface area contributed by atoms with E-state index in [2.05, 4.69) is 10.6 Å². The number of nitrogens with one attached hydrogen (secondary N) is 2. The van der Waals surface area contributed by atoms with Crippen LogP contribution in [0.1, 0.15) is 11.1 Å². The lowest BCUT2D eigenvalue weighted by molar-refractivity contribution is -0.136. The van der Waals surface area contributed by atoms with Crippen LogP contribution in [0.25, 0.3) is 0 Å². The molecule has 6 heteroatoms. The van der Waals surface area contributed by atoms with E-state index >= 15 is 0 Å². The fourth-order valence-corrected chi connectivity index (χ4v) is 2.22. The molecule has 0 aliphatic rings. The number of benzene rings is 2. The van der Waals surface area contributed by atoms with Crippen LogP contribution in [0.4, 0.5) is 5.69 Å². The van der Waals surface area contributed by atoms with Crippen LogP contribution in [-0.2, 0) is 16.1 Å². The van der Waals surface area contributed by atoms with Gasteiger partial charge in [0, 0.05) is 22.3 Å². The van der Waals surface area contributed by atoms with Crippen LogP contribution >= 0.6 is 23.2 Å². The van der Waals surface area contributed by atoms with Gasteiger partial charge in [0.25, 0.3) is 0 Å². The molecule has 0 spiro atoms. The van der Waals surface area contributed by atoms with Gasteiger partial charge in [0.05, 0.1) is 0 Å². The second kappa shape index (κ2) is 7.29. The molecule has 0 aliphatic heterocycles. The summed E-state index contributed by atoms with van der Waals surface area (Å²) in [5.74, 6) is -1.47. The molecule has 2 amide bonds. The Labute approximate surface area is 138 Å². The molecule has 0 saturated carbocycles. The van der Waals surface area contributed by atoms with Crippen LogP contribution in [0, 0.1) is 6.92 Å². The van der Waals surface area contributed by atoms with Gasteiger partial charge >= 0.3 is 11.8 Å². The first-order valence-corrected chi connectivity index (χ1v) is 7.31. The Balaban J connectivity index is 1.95. The normalized spacial score (nSPS) is 10.1. The summed E-state index contributed by atoms with van der Waals surface area (Å²) in [6, 6.07) is 12.1. The molecule has 0 aromatic heterocycles. The van der Waals surface area contributed by atoms with E-state index in [4.69, 9.17) is 23.2 Å². The van der Waals surface area contributed by atoms with Crippen molar-refractivity contribution in [3.63, 3.8) is 0 Å². The number of carbonyl (C=O) groups is 2. The third-order valence-corrected chi connectivity index (χ3v) is 3.71. The van der Waals surface area contributed by atoms with Gasteiger partial charge in [-0.2, -0.15) is 0 Å². The summed E-state index contributed by atoms with van der Waals surface area (Å²) < 4.78 is 0. The van der Waals surface area contributed by atoms with Gasteiger partial charge in [-0.25, -0.2) is 0 Å². The minimum atomic E-state index is -0.743. The topological polar surface area (TPSA) is 58.2 Å². The van der Waals surface area contributed by atoms with Gasteiger partial charge in [-0.05, 0) is 42.3 Å². The number of halogens is 2. The monoisotopic (exact) mass is 336 g/mol. The van der Waals surface area contributed by atoms with E-state index in [9.17, 15) is 9.59 Å². The highest BCUT2D eigenvalue weighted by Gasteiger charge is 2.15. The zero-order chi connectivity index (χ0) is 16.1. The largest absolute Gasteiger partial charge is 0.344 e. The Bertz CT molecular complexity index is 717. The van der Waals surface area contributed by atoms with Gasteiger partial charge in [-0.15, -0.1) is 0 Å². The molecule has 0 fully saturated rings. The minimum absolute atomic E-state index is 0.224. The predicted molar refractivity (Wildman–Crippen MR) is 88.1 cm³/mol.